The molecule has 2 aliphatic heterocycles. The van der Waals surface area contributed by atoms with Crippen molar-refractivity contribution in [2.75, 3.05) is 13.3 Å². The van der Waals surface area contributed by atoms with Crippen LogP contribution in [0.15, 0.2) is 53.7 Å². The van der Waals surface area contributed by atoms with E-state index in [4.69, 9.17) is 14.3 Å². The molecule has 0 spiro atoms. The van der Waals surface area contributed by atoms with Crippen molar-refractivity contribution in [1.82, 2.24) is 5.32 Å². The largest absolute Gasteiger partial charge is 0.454 e. The maximum atomic E-state index is 12.5. The van der Waals surface area contributed by atoms with Crippen molar-refractivity contribution in [3.8, 4) is 11.5 Å². The van der Waals surface area contributed by atoms with Crippen LogP contribution in [0.4, 0.5) is 0 Å². The topological polar surface area (TPSA) is 69.2 Å². The van der Waals surface area contributed by atoms with E-state index in [9.17, 15) is 4.79 Å². The van der Waals surface area contributed by atoms with Crippen LogP contribution >= 0.6 is 0 Å². The second-order valence-corrected chi connectivity index (χ2v) is 7.38. The van der Waals surface area contributed by atoms with Crippen molar-refractivity contribution < 1.29 is 19.1 Å². The SMILES string of the molecule is CC(C)(CNC(=O)C1=NO[C@H](c2ccccc2)C1)c1ccc2c(c1)OCO2. The molecule has 0 fully saturated rings. The zero-order valence-electron chi connectivity index (χ0n) is 15.4. The van der Waals surface area contributed by atoms with Gasteiger partial charge >= 0.3 is 0 Å². The van der Waals surface area contributed by atoms with Gasteiger partial charge in [-0.2, -0.15) is 0 Å². The second kappa shape index (κ2) is 6.95. The molecule has 0 radical (unpaired) electrons. The molecule has 140 valence electrons. The minimum Gasteiger partial charge on any atom is -0.454 e. The van der Waals surface area contributed by atoms with Gasteiger partial charge in [0.2, 0.25) is 6.79 Å². The quantitative estimate of drug-likeness (QED) is 0.881. The van der Waals surface area contributed by atoms with Crippen LogP contribution in [0.2, 0.25) is 0 Å². The van der Waals surface area contributed by atoms with E-state index in [1.54, 1.807) is 0 Å². The Bertz CT molecular complexity index is 877. The Labute approximate surface area is 158 Å². The third-order valence-electron chi connectivity index (χ3n) is 4.95. The Morgan fingerprint density at radius 2 is 1.93 bits per heavy atom. The molecule has 0 bridgehead atoms. The minimum atomic E-state index is -0.268. The van der Waals surface area contributed by atoms with E-state index < -0.39 is 0 Å². The first-order chi connectivity index (χ1) is 13.0. The van der Waals surface area contributed by atoms with Gasteiger partial charge in [0.15, 0.2) is 17.6 Å². The van der Waals surface area contributed by atoms with Crippen LogP contribution in [0.5, 0.6) is 11.5 Å². The molecule has 6 heteroatoms. The van der Waals surface area contributed by atoms with Gasteiger partial charge in [0.1, 0.15) is 5.71 Å². The smallest absolute Gasteiger partial charge is 0.269 e. The van der Waals surface area contributed by atoms with E-state index in [2.05, 4.69) is 24.3 Å². The highest BCUT2D eigenvalue weighted by Crippen LogP contribution is 2.36. The number of hydrogen-bond donors (Lipinski definition) is 1. The molecule has 1 amide bonds. The molecule has 2 aromatic rings. The fourth-order valence-corrected chi connectivity index (χ4v) is 3.18. The summed E-state index contributed by atoms with van der Waals surface area (Å²) in [7, 11) is 0. The number of amides is 1. The number of hydrogen-bond acceptors (Lipinski definition) is 5. The predicted molar refractivity (Wildman–Crippen MR) is 101 cm³/mol. The Balaban J connectivity index is 1.36. The summed E-state index contributed by atoms with van der Waals surface area (Å²) in [6.45, 7) is 4.87. The lowest BCUT2D eigenvalue weighted by atomic mass is 9.84. The third kappa shape index (κ3) is 3.60. The van der Waals surface area contributed by atoms with Crippen LogP contribution in [0, 0.1) is 0 Å². The maximum absolute atomic E-state index is 12.5. The number of nitrogens with one attached hydrogen (secondary N) is 1. The number of carbonyl (C=O) groups is 1. The van der Waals surface area contributed by atoms with Gasteiger partial charge in [-0.25, -0.2) is 0 Å². The van der Waals surface area contributed by atoms with Gasteiger partial charge in [-0.3, -0.25) is 4.79 Å². The second-order valence-electron chi connectivity index (χ2n) is 7.38. The zero-order valence-corrected chi connectivity index (χ0v) is 15.4. The van der Waals surface area contributed by atoms with Crippen molar-refractivity contribution in [2.24, 2.45) is 5.16 Å². The van der Waals surface area contributed by atoms with Crippen LogP contribution < -0.4 is 14.8 Å². The van der Waals surface area contributed by atoms with E-state index in [0.29, 0.717) is 18.7 Å². The average Bonchev–Trinajstić information content (AvgIpc) is 3.35. The van der Waals surface area contributed by atoms with Crippen LogP contribution in [0.25, 0.3) is 0 Å². The van der Waals surface area contributed by atoms with E-state index in [-0.39, 0.29) is 24.2 Å². The van der Waals surface area contributed by atoms with Gasteiger partial charge < -0.3 is 19.6 Å². The lowest BCUT2D eigenvalue weighted by Gasteiger charge is -2.25. The Morgan fingerprint density at radius 3 is 2.74 bits per heavy atom. The first kappa shape index (κ1) is 17.4. The van der Waals surface area contributed by atoms with Gasteiger partial charge in [0.05, 0.1) is 0 Å². The summed E-state index contributed by atoms with van der Waals surface area (Å²) in [6, 6.07) is 15.7. The molecule has 0 saturated heterocycles. The molecule has 1 atom stereocenters. The van der Waals surface area contributed by atoms with Gasteiger partial charge in [-0.1, -0.05) is 55.4 Å². The van der Waals surface area contributed by atoms with Crippen LogP contribution in [-0.2, 0) is 15.0 Å². The molecule has 0 saturated carbocycles. The summed E-state index contributed by atoms with van der Waals surface area (Å²) in [5, 5.41) is 6.96. The molecule has 2 aromatic carbocycles. The number of ether oxygens (including phenoxy) is 2. The van der Waals surface area contributed by atoms with E-state index in [1.807, 2.05) is 48.5 Å². The summed E-state index contributed by atoms with van der Waals surface area (Å²) in [5.41, 5.74) is 2.24. The van der Waals surface area contributed by atoms with Crippen molar-refractivity contribution >= 4 is 11.6 Å². The molecule has 27 heavy (non-hydrogen) atoms. The van der Waals surface area contributed by atoms with E-state index in [0.717, 1.165) is 22.6 Å². The highest BCUT2D eigenvalue weighted by atomic mass is 16.7. The molecule has 6 nitrogen and oxygen atoms in total. The van der Waals surface area contributed by atoms with Gasteiger partial charge in [0.25, 0.3) is 5.91 Å². The molecule has 0 aromatic heterocycles. The Kier molecular flexibility index (Phi) is 4.48. The van der Waals surface area contributed by atoms with Crippen molar-refractivity contribution in [1.29, 1.82) is 0 Å². The fraction of sp³-hybridized carbons (Fsp3) is 0.333. The Morgan fingerprint density at radius 1 is 1.15 bits per heavy atom. The molecular weight excluding hydrogens is 344 g/mol. The highest BCUT2D eigenvalue weighted by molar-refractivity contribution is 6.39. The van der Waals surface area contributed by atoms with Crippen LogP contribution in [-0.4, -0.2) is 25.0 Å². The summed E-state index contributed by atoms with van der Waals surface area (Å²) < 4.78 is 10.8. The lowest BCUT2D eigenvalue weighted by Crippen LogP contribution is -2.39. The van der Waals surface area contributed by atoms with Crippen molar-refractivity contribution in [2.45, 2.75) is 31.8 Å². The monoisotopic (exact) mass is 366 g/mol. The summed E-state index contributed by atoms with van der Waals surface area (Å²) in [5.74, 6) is 1.30. The van der Waals surface area contributed by atoms with Gasteiger partial charge in [-0.15, -0.1) is 0 Å². The first-order valence-corrected chi connectivity index (χ1v) is 8.99. The number of carbonyl (C=O) groups excluding carboxylic acids is 1. The third-order valence-corrected chi connectivity index (χ3v) is 4.95. The fourth-order valence-electron chi connectivity index (χ4n) is 3.18. The summed E-state index contributed by atoms with van der Waals surface area (Å²) >= 11 is 0. The van der Waals surface area contributed by atoms with E-state index in [1.165, 1.54) is 0 Å². The maximum Gasteiger partial charge on any atom is 0.269 e. The van der Waals surface area contributed by atoms with E-state index >= 15 is 0 Å². The number of oxime groups is 1. The van der Waals surface area contributed by atoms with Crippen LogP contribution in [0.3, 0.4) is 0 Å². The zero-order chi connectivity index (χ0) is 18.9. The molecule has 2 aliphatic rings. The average molecular weight is 366 g/mol. The summed E-state index contributed by atoms with van der Waals surface area (Å²) in [6.07, 6.45) is 0.272. The lowest BCUT2D eigenvalue weighted by molar-refractivity contribution is -0.115. The van der Waals surface area contributed by atoms with Gasteiger partial charge in [0, 0.05) is 18.4 Å². The summed E-state index contributed by atoms with van der Waals surface area (Å²) in [4.78, 5) is 18.0. The highest BCUT2D eigenvalue weighted by Gasteiger charge is 2.29. The number of nitrogens with zero attached hydrogens (tertiary/aromatic N) is 1. The molecule has 0 unspecified atom stereocenters. The molecular formula is C21H22N2O4. The van der Waals surface area contributed by atoms with Crippen molar-refractivity contribution in [3.05, 3.63) is 59.7 Å². The molecule has 1 N–H and O–H groups in total. The normalized spacial score (nSPS) is 18.0. The number of fused-ring (bicyclic) bond motifs is 1. The Hall–Kier alpha value is -3.02. The first-order valence-electron chi connectivity index (χ1n) is 8.99. The number of benzene rings is 2. The predicted octanol–water partition coefficient (Wildman–Crippen LogP) is 3.33. The van der Waals surface area contributed by atoms with Crippen LogP contribution in [0.1, 0.15) is 37.5 Å². The molecule has 4 rings (SSSR count). The number of rotatable bonds is 5. The standard InChI is InChI=1S/C21H22N2O4/c1-21(2,15-8-9-17-19(10-15)26-13-25-17)12-22-20(24)16-11-18(27-23-16)14-6-4-3-5-7-14/h3-10,18H,11-13H2,1-2H3,(H,22,24)/t18-/m0/s1. The minimum absolute atomic E-state index is 0.192. The van der Waals surface area contributed by atoms with Gasteiger partial charge in [-0.05, 0) is 23.3 Å². The molecule has 0 aliphatic carbocycles. The molecule has 2 heterocycles. The van der Waals surface area contributed by atoms with Crippen molar-refractivity contribution in [3.63, 3.8) is 0 Å².